The molecule has 3 heterocycles. The van der Waals surface area contributed by atoms with Crippen LogP contribution >= 0.6 is 0 Å². The van der Waals surface area contributed by atoms with Gasteiger partial charge in [0.05, 0.1) is 11.4 Å². The Morgan fingerprint density at radius 2 is 1.94 bits per heavy atom. The van der Waals surface area contributed by atoms with Crippen LogP contribution in [0.25, 0.3) is 22.5 Å². The van der Waals surface area contributed by atoms with E-state index in [4.69, 9.17) is 4.98 Å². The number of fused-ring (bicyclic) bond motifs is 1. The minimum Gasteiger partial charge on any atom is -0.480 e. The minimum atomic E-state index is -0.867. The molecule has 0 spiro atoms. The van der Waals surface area contributed by atoms with Crippen LogP contribution in [0.1, 0.15) is 42.2 Å². The van der Waals surface area contributed by atoms with E-state index < -0.39 is 12.0 Å². The zero-order valence-corrected chi connectivity index (χ0v) is 18.3. The molecule has 1 unspecified atom stereocenters. The van der Waals surface area contributed by atoms with Gasteiger partial charge >= 0.3 is 5.97 Å². The molecule has 33 heavy (non-hydrogen) atoms. The van der Waals surface area contributed by atoms with E-state index in [2.05, 4.69) is 61.7 Å². The summed E-state index contributed by atoms with van der Waals surface area (Å²) >= 11 is 0. The molecule has 4 aromatic rings. The third kappa shape index (κ3) is 4.03. The van der Waals surface area contributed by atoms with Crippen molar-refractivity contribution in [1.29, 1.82) is 0 Å². The molecule has 2 aromatic heterocycles. The number of benzene rings is 2. The standard InChI is InChI=1S/C24H25N7O2/c1-2-5-20-26-19-12-13-25-21(24(32)33)22(19)31(20)14-15-8-10-16(11-9-15)17-6-3-4-7-18(17)23-27-29-30-28-23/h3-4,6-11,21,25H,2,5,12-14H2,1H3,(H,32,33)(H,27,28,29,30). The summed E-state index contributed by atoms with van der Waals surface area (Å²) in [6, 6.07) is 15.5. The summed E-state index contributed by atoms with van der Waals surface area (Å²) in [6.45, 7) is 3.32. The Bertz CT molecular complexity index is 1260. The number of aliphatic carboxylic acids is 1. The summed E-state index contributed by atoms with van der Waals surface area (Å²) in [5.41, 5.74) is 5.74. The summed E-state index contributed by atoms with van der Waals surface area (Å²) in [5.74, 6) is 0.633. The van der Waals surface area contributed by atoms with Crippen LogP contribution in [0.15, 0.2) is 48.5 Å². The summed E-state index contributed by atoms with van der Waals surface area (Å²) < 4.78 is 2.09. The van der Waals surface area contributed by atoms with Gasteiger partial charge < -0.3 is 9.67 Å². The van der Waals surface area contributed by atoms with Gasteiger partial charge in [-0.2, -0.15) is 5.21 Å². The number of aryl methyl sites for hydroxylation is 1. The van der Waals surface area contributed by atoms with E-state index in [1.807, 2.05) is 24.3 Å². The maximum absolute atomic E-state index is 11.9. The number of nitrogens with zero attached hydrogens (tertiary/aromatic N) is 5. The number of carboxylic acids is 1. The average Bonchev–Trinajstić information content (AvgIpc) is 3.49. The van der Waals surface area contributed by atoms with Crippen LogP contribution < -0.4 is 5.32 Å². The van der Waals surface area contributed by atoms with Crippen molar-refractivity contribution >= 4 is 5.97 Å². The second-order valence-corrected chi connectivity index (χ2v) is 8.15. The fraction of sp³-hybridized carbons (Fsp3) is 0.292. The number of imidazole rings is 1. The van der Waals surface area contributed by atoms with E-state index in [0.29, 0.717) is 18.9 Å². The Hall–Kier alpha value is -3.85. The fourth-order valence-corrected chi connectivity index (χ4v) is 4.48. The molecule has 168 valence electrons. The molecule has 2 aromatic carbocycles. The van der Waals surface area contributed by atoms with Gasteiger partial charge in [-0.1, -0.05) is 55.5 Å². The average molecular weight is 444 g/mol. The zero-order valence-electron chi connectivity index (χ0n) is 18.3. The van der Waals surface area contributed by atoms with Crippen LogP contribution in [0, 0.1) is 0 Å². The van der Waals surface area contributed by atoms with Crippen molar-refractivity contribution in [3.8, 4) is 22.5 Å². The number of tetrazole rings is 1. The highest BCUT2D eigenvalue weighted by atomic mass is 16.4. The normalized spacial score (nSPS) is 15.4. The molecule has 0 radical (unpaired) electrons. The molecule has 0 amide bonds. The van der Waals surface area contributed by atoms with Gasteiger partial charge in [-0.15, -0.1) is 10.2 Å². The Kier molecular flexibility index (Phi) is 5.70. The topological polar surface area (TPSA) is 122 Å². The van der Waals surface area contributed by atoms with Crippen LogP contribution in [-0.2, 0) is 24.2 Å². The van der Waals surface area contributed by atoms with Crippen molar-refractivity contribution in [3.63, 3.8) is 0 Å². The van der Waals surface area contributed by atoms with Crippen molar-refractivity contribution < 1.29 is 9.90 Å². The third-order valence-corrected chi connectivity index (χ3v) is 5.99. The quantitative estimate of drug-likeness (QED) is 0.401. The van der Waals surface area contributed by atoms with Gasteiger partial charge in [0.1, 0.15) is 11.9 Å². The fourth-order valence-electron chi connectivity index (χ4n) is 4.48. The molecule has 0 saturated heterocycles. The van der Waals surface area contributed by atoms with Gasteiger partial charge in [-0.3, -0.25) is 10.1 Å². The predicted molar refractivity (Wildman–Crippen MR) is 122 cm³/mol. The lowest BCUT2D eigenvalue weighted by Gasteiger charge is -2.23. The number of H-pyrrole nitrogens is 1. The lowest BCUT2D eigenvalue weighted by Crippen LogP contribution is -2.36. The first-order chi connectivity index (χ1) is 16.2. The summed E-state index contributed by atoms with van der Waals surface area (Å²) in [7, 11) is 0. The number of aromatic amines is 1. The highest BCUT2D eigenvalue weighted by Crippen LogP contribution is 2.31. The van der Waals surface area contributed by atoms with Gasteiger partial charge in [0.25, 0.3) is 0 Å². The van der Waals surface area contributed by atoms with Crippen molar-refractivity contribution in [2.24, 2.45) is 0 Å². The third-order valence-electron chi connectivity index (χ3n) is 5.99. The highest BCUT2D eigenvalue weighted by Gasteiger charge is 2.32. The van der Waals surface area contributed by atoms with Gasteiger partial charge in [-0.05, 0) is 28.3 Å². The summed E-state index contributed by atoms with van der Waals surface area (Å²) in [4.78, 5) is 16.7. The van der Waals surface area contributed by atoms with E-state index >= 15 is 0 Å². The second kappa shape index (κ2) is 8.95. The lowest BCUT2D eigenvalue weighted by atomic mass is 9.98. The van der Waals surface area contributed by atoms with Gasteiger partial charge in [0, 0.05) is 31.5 Å². The Morgan fingerprint density at radius 3 is 2.64 bits per heavy atom. The maximum Gasteiger partial charge on any atom is 0.326 e. The van der Waals surface area contributed by atoms with Gasteiger partial charge in [-0.25, -0.2) is 4.98 Å². The van der Waals surface area contributed by atoms with E-state index in [0.717, 1.165) is 58.7 Å². The number of carbonyl (C=O) groups is 1. The van der Waals surface area contributed by atoms with Crippen LogP contribution in [0.4, 0.5) is 0 Å². The molecule has 5 rings (SSSR count). The molecule has 1 aliphatic heterocycles. The van der Waals surface area contributed by atoms with E-state index in [9.17, 15) is 9.90 Å². The van der Waals surface area contributed by atoms with Crippen molar-refractivity contribution in [2.75, 3.05) is 6.54 Å². The monoisotopic (exact) mass is 443 g/mol. The molecule has 1 atom stereocenters. The molecule has 1 aliphatic rings. The first kappa shape index (κ1) is 21.0. The Balaban J connectivity index is 1.48. The van der Waals surface area contributed by atoms with E-state index in [-0.39, 0.29) is 0 Å². The van der Waals surface area contributed by atoms with E-state index in [1.54, 1.807) is 0 Å². The number of rotatable bonds is 7. The van der Waals surface area contributed by atoms with Gasteiger partial charge in [0.15, 0.2) is 0 Å². The highest BCUT2D eigenvalue weighted by molar-refractivity contribution is 5.80. The molecule has 0 bridgehead atoms. The maximum atomic E-state index is 11.9. The van der Waals surface area contributed by atoms with Crippen LogP contribution in [0.3, 0.4) is 0 Å². The first-order valence-electron chi connectivity index (χ1n) is 11.1. The van der Waals surface area contributed by atoms with Crippen LogP contribution in [0.2, 0.25) is 0 Å². The molecule has 9 nitrogen and oxygen atoms in total. The van der Waals surface area contributed by atoms with Crippen LogP contribution in [-0.4, -0.2) is 47.8 Å². The van der Waals surface area contributed by atoms with Crippen LogP contribution in [0.5, 0.6) is 0 Å². The smallest absolute Gasteiger partial charge is 0.326 e. The number of carboxylic acid groups (broad SMARTS) is 1. The molecule has 0 saturated carbocycles. The number of nitrogens with one attached hydrogen (secondary N) is 2. The largest absolute Gasteiger partial charge is 0.480 e. The predicted octanol–water partition coefficient (Wildman–Crippen LogP) is 3.00. The number of hydrogen-bond acceptors (Lipinski definition) is 6. The van der Waals surface area contributed by atoms with Crippen molar-refractivity contribution in [2.45, 2.75) is 38.8 Å². The number of hydrogen-bond donors (Lipinski definition) is 3. The Morgan fingerprint density at radius 1 is 1.15 bits per heavy atom. The summed E-state index contributed by atoms with van der Waals surface area (Å²) in [6.07, 6.45) is 2.51. The molecular weight excluding hydrogens is 418 g/mol. The molecule has 0 aliphatic carbocycles. The van der Waals surface area contributed by atoms with Crippen molar-refractivity contribution in [3.05, 3.63) is 71.3 Å². The van der Waals surface area contributed by atoms with Crippen molar-refractivity contribution in [1.82, 2.24) is 35.5 Å². The minimum absolute atomic E-state index is 0.552. The zero-order chi connectivity index (χ0) is 22.8. The second-order valence-electron chi connectivity index (χ2n) is 8.15. The summed E-state index contributed by atoms with van der Waals surface area (Å²) in [5, 5.41) is 27.3. The Labute approximate surface area is 190 Å². The van der Waals surface area contributed by atoms with Gasteiger partial charge in [0.2, 0.25) is 5.82 Å². The molecular formula is C24H25N7O2. The SMILES string of the molecule is CCCc1nc2c(n1Cc1ccc(-c3ccccc3-c3nn[nH]n3)cc1)C(C(=O)O)NCC2. The molecule has 9 heteroatoms. The lowest BCUT2D eigenvalue weighted by molar-refractivity contribution is -0.140. The number of aromatic nitrogens is 6. The molecule has 3 N–H and O–H groups in total. The molecule has 0 fully saturated rings. The van der Waals surface area contributed by atoms with E-state index in [1.165, 1.54) is 0 Å². The first-order valence-corrected chi connectivity index (χ1v) is 11.1.